The number of rotatable bonds is 8. The summed E-state index contributed by atoms with van der Waals surface area (Å²) in [5.74, 6) is 0.203. The molecule has 0 radical (unpaired) electrons. The Labute approximate surface area is 234 Å². The van der Waals surface area contributed by atoms with Gasteiger partial charge in [0, 0.05) is 11.6 Å². The quantitative estimate of drug-likeness (QED) is 0.232. The van der Waals surface area contributed by atoms with Crippen LogP contribution in [-0.4, -0.2) is 30.2 Å². The van der Waals surface area contributed by atoms with Gasteiger partial charge in [0.25, 0.3) is 5.56 Å². The lowest BCUT2D eigenvalue weighted by Crippen LogP contribution is -2.39. The van der Waals surface area contributed by atoms with E-state index in [1.54, 1.807) is 43.3 Å². The van der Waals surface area contributed by atoms with Gasteiger partial charge >= 0.3 is 11.9 Å². The van der Waals surface area contributed by atoms with Crippen LogP contribution >= 0.6 is 11.3 Å². The number of carbonyl (C=O) groups is 2. The normalized spacial score (nSPS) is 15.0. The fourth-order valence-corrected chi connectivity index (χ4v) is 5.55. The molecule has 2 aromatic heterocycles. The van der Waals surface area contributed by atoms with Gasteiger partial charge in [-0.25, -0.2) is 14.6 Å². The van der Waals surface area contributed by atoms with Crippen LogP contribution in [0.15, 0.2) is 92.2 Å². The standard InChI is InChI=1S/C31H28N2O6S/c1-4-5-17-38-29(35)22-13-11-20(12-14-22)24-16-15-23(39-24)18-25-28(34)33-27(21-9-7-6-8-10-21)26(30(36)37-3)19(2)32-31(33)40-25/h6-16,18,27H,4-5,17H2,1-3H3. The molecule has 1 unspecified atom stereocenters. The molecule has 40 heavy (non-hydrogen) atoms. The molecule has 0 amide bonds. The lowest BCUT2D eigenvalue weighted by atomic mass is 9.96. The maximum absolute atomic E-state index is 13.7. The lowest BCUT2D eigenvalue weighted by molar-refractivity contribution is -0.136. The number of hydrogen-bond acceptors (Lipinski definition) is 8. The van der Waals surface area contributed by atoms with Crippen molar-refractivity contribution in [1.29, 1.82) is 0 Å². The highest BCUT2D eigenvalue weighted by Gasteiger charge is 2.32. The first kappa shape index (κ1) is 27.1. The number of methoxy groups -OCH3 is 1. The van der Waals surface area contributed by atoms with Crippen molar-refractivity contribution in [3.63, 3.8) is 0 Å². The predicted molar refractivity (Wildman–Crippen MR) is 152 cm³/mol. The van der Waals surface area contributed by atoms with E-state index in [4.69, 9.17) is 13.9 Å². The lowest BCUT2D eigenvalue weighted by Gasteiger charge is -2.24. The topological polar surface area (TPSA) is 100 Å². The first-order valence-corrected chi connectivity index (χ1v) is 13.8. The monoisotopic (exact) mass is 556 g/mol. The number of benzene rings is 2. The molecule has 9 heteroatoms. The number of allylic oxidation sites excluding steroid dienone is 1. The molecule has 0 spiro atoms. The predicted octanol–water partition coefficient (Wildman–Crippen LogP) is 4.63. The van der Waals surface area contributed by atoms with Gasteiger partial charge in [-0.3, -0.25) is 9.36 Å². The SMILES string of the molecule is CCCCOC(=O)c1ccc(-c2ccc(C=c3sc4n(c3=O)C(c3ccccc3)C(C(=O)OC)=C(C)N=4)o2)cc1. The number of thiazole rings is 1. The Morgan fingerprint density at radius 3 is 2.50 bits per heavy atom. The van der Waals surface area contributed by atoms with Crippen molar-refractivity contribution < 1.29 is 23.5 Å². The van der Waals surface area contributed by atoms with Crippen molar-refractivity contribution in [3.8, 4) is 11.3 Å². The van der Waals surface area contributed by atoms with Crippen LogP contribution in [0.5, 0.6) is 0 Å². The Bertz CT molecular complexity index is 1760. The van der Waals surface area contributed by atoms with E-state index >= 15 is 0 Å². The van der Waals surface area contributed by atoms with E-state index in [2.05, 4.69) is 4.99 Å². The van der Waals surface area contributed by atoms with Gasteiger partial charge in [0.2, 0.25) is 0 Å². The molecule has 1 aliphatic heterocycles. The molecule has 8 nitrogen and oxygen atoms in total. The largest absolute Gasteiger partial charge is 0.466 e. The minimum atomic E-state index is -0.661. The van der Waals surface area contributed by atoms with Crippen LogP contribution in [0.4, 0.5) is 0 Å². The first-order valence-electron chi connectivity index (χ1n) is 12.9. The average Bonchev–Trinajstić information content (AvgIpc) is 3.56. The summed E-state index contributed by atoms with van der Waals surface area (Å²) in [5, 5.41) is 0. The Morgan fingerprint density at radius 2 is 1.80 bits per heavy atom. The van der Waals surface area contributed by atoms with Gasteiger partial charge in [0.05, 0.1) is 41.1 Å². The Hall–Kier alpha value is -4.50. The zero-order valence-electron chi connectivity index (χ0n) is 22.4. The molecular formula is C31H28N2O6S. The molecule has 1 aliphatic rings. The maximum Gasteiger partial charge on any atom is 0.338 e. The van der Waals surface area contributed by atoms with E-state index in [1.165, 1.54) is 23.0 Å². The fraction of sp³-hybridized carbons (Fsp3) is 0.226. The van der Waals surface area contributed by atoms with E-state index in [0.717, 1.165) is 24.0 Å². The number of nitrogens with zero attached hydrogens (tertiary/aromatic N) is 2. The van der Waals surface area contributed by atoms with Crippen molar-refractivity contribution in [1.82, 2.24) is 4.57 Å². The summed E-state index contributed by atoms with van der Waals surface area (Å²) in [6.45, 7) is 4.19. The molecule has 0 saturated carbocycles. The molecule has 0 aliphatic carbocycles. The number of ether oxygens (including phenoxy) is 2. The van der Waals surface area contributed by atoms with Gasteiger partial charge in [0.1, 0.15) is 11.5 Å². The van der Waals surface area contributed by atoms with Gasteiger partial charge < -0.3 is 13.9 Å². The summed E-state index contributed by atoms with van der Waals surface area (Å²) in [6.07, 6.45) is 3.46. The van der Waals surface area contributed by atoms with E-state index < -0.39 is 12.0 Å². The first-order chi connectivity index (χ1) is 19.4. The number of hydrogen-bond donors (Lipinski definition) is 0. The summed E-state index contributed by atoms with van der Waals surface area (Å²) in [7, 11) is 1.32. The minimum absolute atomic E-state index is 0.282. The number of aromatic nitrogens is 1. The Balaban J connectivity index is 1.47. The average molecular weight is 557 g/mol. The molecule has 0 bridgehead atoms. The summed E-state index contributed by atoms with van der Waals surface area (Å²) in [4.78, 5) is 43.6. The number of fused-ring (bicyclic) bond motifs is 1. The van der Waals surface area contributed by atoms with Gasteiger partial charge in [-0.05, 0) is 43.2 Å². The van der Waals surface area contributed by atoms with Crippen LogP contribution in [0.2, 0.25) is 0 Å². The van der Waals surface area contributed by atoms with Crippen LogP contribution in [-0.2, 0) is 14.3 Å². The molecule has 2 aromatic carbocycles. The number of furan rings is 1. The highest BCUT2D eigenvalue weighted by Crippen LogP contribution is 2.30. The summed E-state index contributed by atoms with van der Waals surface area (Å²) >= 11 is 1.23. The molecule has 204 valence electrons. The zero-order chi connectivity index (χ0) is 28.2. The summed E-state index contributed by atoms with van der Waals surface area (Å²) in [5.41, 5.74) is 2.59. The maximum atomic E-state index is 13.7. The third-order valence-corrected chi connectivity index (χ3v) is 7.56. The molecule has 0 N–H and O–H groups in total. The molecule has 1 atom stereocenters. The molecule has 0 fully saturated rings. The zero-order valence-corrected chi connectivity index (χ0v) is 23.2. The Kier molecular flexibility index (Phi) is 7.93. The summed E-state index contributed by atoms with van der Waals surface area (Å²) < 4.78 is 18.3. The summed E-state index contributed by atoms with van der Waals surface area (Å²) in [6, 6.07) is 19.3. The number of esters is 2. The molecule has 3 heterocycles. The van der Waals surface area contributed by atoms with Crippen LogP contribution in [0, 0.1) is 0 Å². The van der Waals surface area contributed by atoms with Crippen LogP contribution < -0.4 is 14.9 Å². The third-order valence-electron chi connectivity index (χ3n) is 6.58. The van der Waals surface area contributed by atoms with Crippen LogP contribution in [0.1, 0.15) is 54.4 Å². The molecule has 0 saturated heterocycles. The van der Waals surface area contributed by atoms with E-state index in [-0.39, 0.29) is 11.5 Å². The highest BCUT2D eigenvalue weighted by atomic mass is 32.1. The molecule has 5 rings (SSSR count). The third kappa shape index (κ3) is 5.33. The van der Waals surface area contributed by atoms with E-state index in [0.29, 0.717) is 44.3 Å². The number of carbonyl (C=O) groups excluding carboxylic acids is 2. The van der Waals surface area contributed by atoms with Crippen LogP contribution in [0.3, 0.4) is 0 Å². The minimum Gasteiger partial charge on any atom is -0.466 e. The smallest absolute Gasteiger partial charge is 0.338 e. The second-order valence-electron chi connectivity index (χ2n) is 9.25. The van der Waals surface area contributed by atoms with Gasteiger partial charge in [-0.1, -0.05) is 67.1 Å². The van der Waals surface area contributed by atoms with E-state index in [1.807, 2.05) is 43.3 Å². The molecular weight excluding hydrogens is 528 g/mol. The molecule has 4 aromatic rings. The van der Waals surface area contributed by atoms with Crippen molar-refractivity contribution in [2.45, 2.75) is 32.7 Å². The number of unbranched alkanes of at least 4 members (excludes halogenated alkanes) is 1. The van der Waals surface area contributed by atoms with Gasteiger partial charge in [-0.2, -0.15) is 0 Å². The van der Waals surface area contributed by atoms with Crippen molar-refractivity contribution in [3.05, 3.63) is 115 Å². The second-order valence-corrected chi connectivity index (χ2v) is 10.3. The van der Waals surface area contributed by atoms with Gasteiger partial charge in [-0.15, -0.1) is 0 Å². The second kappa shape index (κ2) is 11.7. The fourth-order valence-electron chi connectivity index (χ4n) is 4.52. The van der Waals surface area contributed by atoms with E-state index in [9.17, 15) is 14.4 Å². The highest BCUT2D eigenvalue weighted by molar-refractivity contribution is 7.07. The Morgan fingerprint density at radius 1 is 1.05 bits per heavy atom. The van der Waals surface area contributed by atoms with Gasteiger partial charge in [0.15, 0.2) is 4.80 Å². The van der Waals surface area contributed by atoms with Crippen molar-refractivity contribution >= 4 is 29.4 Å². The van der Waals surface area contributed by atoms with Crippen molar-refractivity contribution in [2.75, 3.05) is 13.7 Å². The van der Waals surface area contributed by atoms with Crippen LogP contribution in [0.25, 0.3) is 17.4 Å². The van der Waals surface area contributed by atoms with Crippen molar-refractivity contribution in [2.24, 2.45) is 4.99 Å².